The van der Waals surface area contributed by atoms with Crippen LogP contribution in [0.15, 0.2) is 6.33 Å². The lowest BCUT2D eigenvalue weighted by Crippen LogP contribution is -2.40. The van der Waals surface area contributed by atoms with E-state index >= 15 is 0 Å². The lowest BCUT2D eigenvalue weighted by atomic mass is 10.1. The number of carbonyl (C=O) groups is 4. The first-order valence-electron chi connectivity index (χ1n) is 7.70. The van der Waals surface area contributed by atoms with Gasteiger partial charge in [0, 0.05) is 20.8 Å². The Morgan fingerprint density at radius 2 is 1.74 bits per heavy atom. The molecule has 1 aliphatic rings. The highest BCUT2D eigenvalue weighted by Crippen LogP contribution is 2.35. The molecule has 0 saturated carbocycles. The normalized spacial score (nSPS) is 24.3. The predicted octanol–water partition coefficient (Wildman–Crippen LogP) is 0.0443. The number of carbonyl (C=O) groups excluding carboxylic acids is 3. The van der Waals surface area contributed by atoms with Crippen LogP contribution >= 0.6 is 0 Å². The van der Waals surface area contributed by atoms with Gasteiger partial charge in [0.1, 0.15) is 19.0 Å². The van der Waals surface area contributed by atoms with Crippen molar-refractivity contribution in [3.05, 3.63) is 18.0 Å². The number of aromatic carboxylic acids is 1. The molecule has 1 unspecified atom stereocenters. The maximum absolute atomic E-state index is 14.4. The molecule has 2 rings (SSSR count). The third-order valence-corrected chi connectivity index (χ3v) is 3.55. The largest absolute Gasteiger partial charge is 0.476 e. The monoisotopic (exact) mass is 388 g/mol. The summed E-state index contributed by atoms with van der Waals surface area (Å²) in [6.07, 6.45) is -4.22. The quantitative estimate of drug-likeness (QED) is 0.524. The molecule has 0 aliphatic carbocycles. The van der Waals surface area contributed by atoms with Crippen LogP contribution in [0.3, 0.4) is 0 Å². The van der Waals surface area contributed by atoms with Gasteiger partial charge in [0.2, 0.25) is 11.6 Å². The second kappa shape index (κ2) is 8.12. The van der Waals surface area contributed by atoms with Crippen molar-refractivity contribution in [1.29, 1.82) is 0 Å². The summed E-state index contributed by atoms with van der Waals surface area (Å²) in [5.74, 6) is -5.03. The fourth-order valence-electron chi connectivity index (χ4n) is 2.58. The Morgan fingerprint density at radius 3 is 2.22 bits per heavy atom. The maximum Gasteiger partial charge on any atom is 0.359 e. The second-order valence-corrected chi connectivity index (χ2v) is 5.61. The summed E-state index contributed by atoms with van der Waals surface area (Å²) in [5, 5.41) is 8.93. The van der Waals surface area contributed by atoms with Gasteiger partial charge in [-0.3, -0.25) is 19.0 Å². The summed E-state index contributed by atoms with van der Waals surface area (Å²) in [5.41, 5.74) is -0.868. The molecule has 1 aromatic rings. The van der Waals surface area contributed by atoms with Crippen molar-refractivity contribution in [2.75, 3.05) is 6.61 Å². The van der Waals surface area contributed by atoms with Crippen molar-refractivity contribution >= 4 is 23.9 Å². The van der Waals surface area contributed by atoms with E-state index in [1.807, 2.05) is 0 Å². The number of nitrogens with zero attached hydrogens (tertiary/aromatic N) is 2. The third-order valence-electron chi connectivity index (χ3n) is 3.55. The summed E-state index contributed by atoms with van der Waals surface area (Å²) in [7, 11) is 0. The summed E-state index contributed by atoms with van der Waals surface area (Å²) in [4.78, 5) is 48.4. The summed E-state index contributed by atoms with van der Waals surface area (Å²) < 4.78 is 35.7. The first kappa shape index (κ1) is 20.3. The van der Waals surface area contributed by atoms with Gasteiger partial charge in [-0.05, 0) is 0 Å². The van der Waals surface area contributed by atoms with E-state index in [4.69, 9.17) is 24.1 Å². The Labute approximate surface area is 152 Å². The Balaban J connectivity index is 2.41. The molecule has 1 aliphatic heterocycles. The minimum absolute atomic E-state index is 0.371. The van der Waals surface area contributed by atoms with E-state index < -0.39 is 60.1 Å². The molecule has 27 heavy (non-hydrogen) atoms. The molecule has 148 valence electrons. The second-order valence-electron chi connectivity index (χ2n) is 5.61. The van der Waals surface area contributed by atoms with Crippen molar-refractivity contribution in [2.45, 2.75) is 45.3 Å². The molecule has 1 N–H and O–H groups in total. The van der Waals surface area contributed by atoms with E-state index in [1.165, 1.54) is 0 Å². The molecular formula is C15H17FN2O9. The third kappa shape index (κ3) is 4.58. The number of aromatic nitrogens is 2. The summed E-state index contributed by atoms with van der Waals surface area (Å²) in [6.45, 7) is 2.95. The van der Waals surface area contributed by atoms with E-state index in [0.29, 0.717) is 4.57 Å². The van der Waals surface area contributed by atoms with Crippen molar-refractivity contribution in [1.82, 2.24) is 9.55 Å². The van der Waals surface area contributed by atoms with Gasteiger partial charge in [0.25, 0.3) is 0 Å². The van der Waals surface area contributed by atoms with Crippen LogP contribution in [0.2, 0.25) is 0 Å². The highest BCUT2D eigenvalue weighted by Gasteiger charge is 2.51. The van der Waals surface area contributed by atoms with E-state index in [0.717, 1.165) is 27.1 Å². The molecule has 1 saturated heterocycles. The molecule has 4 atom stereocenters. The number of esters is 3. The average molecular weight is 388 g/mol. The van der Waals surface area contributed by atoms with Crippen LogP contribution in [0.25, 0.3) is 0 Å². The molecule has 0 amide bonds. The number of carboxylic acids is 1. The Kier molecular flexibility index (Phi) is 6.10. The Bertz CT molecular complexity index is 762. The van der Waals surface area contributed by atoms with Crippen LogP contribution in [0.4, 0.5) is 4.39 Å². The molecule has 1 fully saturated rings. The van der Waals surface area contributed by atoms with Gasteiger partial charge >= 0.3 is 23.9 Å². The summed E-state index contributed by atoms with van der Waals surface area (Å²) in [6, 6.07) is 0. The van der Waals surface area contributed by atoms with Crippen molar-refractivity contribution < 1.29 is 47.6 Å². The van der Waals surface area contributed by atoms with Crippen LogP contribution in [-0.2, 0) is 33.3 Å². The standard InChI is InChI=1S/C15H17FN2O9/c1-6(19)24-4-9-11(25-7(2)20)12(26-8(3)21)14(27-9)18-5-17-10(13(18)16)15(22)23/h5,9,11-12,14H,4H2,1-3H3,(H,22,23)/t9-,11-,12-,14?/m1/s1. The van der Waals surface area contributed by atoms with Gasteiger partial charge in [-0.15, -0.1) is 0 Å². The predicted molar refractivity (Wildman–Crippen MR) is 80.8 cm³/mol. The lowest BCUT2D eigenvalue weighted by molar-refractivity contribution is -0.166. The van der Waals surface area contributed by atoms with E-state index in [1.54, 1.807) is 0 Å². The fourth-order valence-corrected chi connectivity index (χ4v) is 2.58. The number of ether oxygens (including phenoxy) is 4. The molecule has 1 aromatic heterocycles. The zero-order chi connectivity index (χ0) is 20.3. The fraction of sp³-hybridized carbons (Fsp3) is 0.533. The van der Waals surface area contributed by atoms with Crippen LogP contribution < -0.4 is 0 Å². The van der Waals surface area contributed by atoms with E-state index in [2.05, 4.69) is 4.98 Å². The van der Waals surface area contributed by atoms with Crippen molar-refractivity contribution in [3.63, 3.8) is 0 Å². The van der Waals surface area contributed by atoms with Crippen molar-refractivity contribution in [3.8, 4) is 0 Å². The minimum atomic E-state index is -1.61. The van der Waals surface area contributed by atoms with Crippen LogP contribution in [0.1, 0.15) is 37.5 Å². The smallest absolute Gasteiger partial charge is 0.359 e. The van der Waals surface area contributed by atoms with Gasteiger partial charge in [-0.2, -0.15) is 4.39 Å². The number of hydrogen-bond acceptors (Lipinski definition) is 9. The highest BCUT2D eigenvalue weighted by molar-refractivity contribution is 5.85. The molecule has 0 bridgehead atoms. The zero-order valence-corrected chi connectivity index (χ0v) is 14.6. The molecule has 12 heteroatoms. The number of carboxylic acid groups (broad SMARTS) is 1. The van der Waals surface area contributed by atoms with Crippen molar-refractivity contribution in [2.24, 2.45) is 0 Å². The van der Waals surface area contributed by atoms with Crippen LogP contribution in [-0.4, -0.2) is 63.5 Å². The topological polar surface area (TPSA) is 143 Å². The van der Waals surface area contributed by atoms with E-state index in [9.17, 15) is 23.6 Å². The maximum atomic E-state index is 14.4. The van der Waals surface area contributed by atoms with Crippen LogP contribution in [0, 0.1) is 5.95 Å². The molecule has 0 radical (unpaired) electrons. The number of rotatable bonds is 6. The zero-order valence-electron chi connectivity index (χ0n) is 14.6. The van der Waals surface area contributed by atoms with Gasteiger partial charge in [0.05, 0.1) is 0 Å². The van der Waals surface area contributed by atoms with Gasteiger partial charge in [-0.1, -0.05) is 0 Å². The Hall–Kier alpha value is -3.02. The highest BCUT2D eigenvalue weighted by atomic mass is 19.1. The SMILES string of the molecule is CC(=O)OC[C@H]1OC(n2cnc(C(=O)O)c2F)[C@H](OC(C)=O)[C@@H]1OC(C)=O. The van der Waals surface area contributed by atoms with Gasteiger partial charge < -0.3 is 24.1 Å². The molecule has 0 spiro atoms. The van der Waals surface area contributed by atoms with E-state index in [-0.39, 0.29) is 6.61 Å². The average Bonchev–Trinajstić information content (AvgIpc) is 3.06. The first-order valence-corrected chi connectivity index (χ1v) is 7.70. The number of hydrogen-bond donors (Lipinski definition) is 1. The van der Waals surface area contributed by atoms with Gasteiger partial charge in [-0.25, -0.2) is 9.78 Å². The minimum Gasteiger partial charge on any atom is -0.476 e. The van der Waals surface area contributed by atoms with Gasteiger partial charge in [0.15, 0.2) is 18.4 Å². The van der Waals surface area contributed by atoms with Crippen LogP contribution in [0.5, 0.6) is 0 Å². The molecular weight excluding hydrogens is 371 g/mol. The molecule has 2 heterocycles. The molecule has 11 nitrogen and oxygen atoms in total. The summed E-state index contributed by atoms with van der Waals surface area (Å²) >= 11 is 0. The Morgan fingerprint density at radius 1 is 1.15 bits per heavy atom. The number of halogens is 1. The number of imidazole rings is 1. The first-order chi connectivity index (χ1) is 12.6. The molecule has 0 aromatic carbocycles. The lowest BCUT2D eigenvalue weighted by Gasteiger charge is -2.23.